The van der Waals surface area contributed by atoms with Gasteiger partial charge >= 0.3 is 0 Å². The van der Waals surface area contributed by atoms with Gasteiger partial charge in [0.2, 0.25) is 0 Å². The molecule has 2 heterocycles. The van der Waals surface area contributed by atoms with Crippen molar-refractivity contribution in [3.63, 3.8) is 0 Å². The Balaban J connectivity index is 1.67. The van der Waals surface area contributed by atoms with Crippen molar-refractivity contribution < 1.29 is 13.2 Å². The SMILES string of the molecule is CN(NC(=O)CN1CCCCCC1)C1=NS(=O)(=O)c2ccccc21. The van der Waals surface area contributed by atoms with Gasteiger partial charge in [-0.1, -0.05) is 25.0 Å². The second-order valence-electron chi connectivity index (χ2n) is 6.17. The van der Waals surface area contributed by atoms with E-state index in [0.717, 1.165) is 25.9 Å². The molecule has 1 N–H and O–H groups in total. The molecule has 1 aromatic carbocycles. The Hall–Kier alpha value is -1.93. The Morgan fingerprint density at radius 3 is 2.58 bits per heavy atom. The Labute approximate surface area is 142 Å². The van der Waals surface area contributed by atoms with Crippen LogP contribution >= 0.6 is 0 Å². The van der Waals surface area contributed by atoms with Gasteiger partial charge in [0.25, 0.3) is 15.9 Å². The molecule has 1 aromatic rings. The third-order valence-electron chi connectivity index (χ3n) is 4.29. The van der Waals surface area contributed by atoms with Gasteiger partial charge in [-0.3, -0.25) is 20.1 Å². The molecule has 0 atom stereocenters. The van der Waals surface area contributed by atoms with Crippen LogP contribution in [0, 0.1) is 0 Å². The average molecular weight is 350 g/mol. The van der Waals surface area contributed by atoms with Crippen LogP contribution in [0.2, 0.25) is 0 Å². The normalized spacial score (nSPS) is 20.0. The van der Waals surface area contributed by atoms with E-state index in [1.54, 1.807) is 25.2 Å². The fraction of sp³-hybridized carbons (Fsp3) is 0.500. The summed E-state index contributed by atoms with van der Waals surface area (Å²) in [5, 5.41) is 1.39. The van der Waals surface area contributed by atoms with E-state index >= 15 is 0 Å². The summed E-state index contributed by atoms with van der Waals surface area (Å²) in [7, 11) is -2.08. The van der Waals surface area contributed by atoms with Gasteiger partial charge in [-0.05, 0) is 38.1 Å². The zero-order valence-corrected chi connectivity index (χ0v) is 14.6. The van der Waals surface area contributed by atoms with Gasteiger partial charge in [-0.25, -0.2) is 0 Å². The van der Waals surface area contributed by atoms with Crippen LogP contribution < -0.4 is 5.43 Å². The maximum absolute atomic E-state index is 12.3. The van der Waals surface area contributed by atoms with Crippen molar-refractivity contribution in [2.24, 2.45) is 4.40 Å². The number of carbonyl (C=O) groups is 1. The minimum absolute atomic E-state index is 0.163. The number of nitrogens with zero attached hydrogens (tertiary/aromatic N) is 3. The van der Waals surface area contributed by atoms with Crippen molar-refractivity contribution in [1.29, 1.82) is 0 Å². The van der Waals surface area contributed by atoms with Crippen molar-refractivity contribution in [2.45, 2.75) is 30.6 Å². The standard InChI is InChI=1S/C16H22N4O3S/c1-19(17-15(21)12-20-10-6-2-3-7-11-20)16-13-8-4-5-9-14(13)24(22,23)18-16/h4-5,8-9H,2-3,6-7,10-12H2,1H3,(H,17,21). The molecule has 3 rings (SSSR count). The van der Waals surface area contributed by atoms with Crippen molar-refractivity contribution in [1.82, 2.24) is 15.3 Å². The summed E-state index contributed by atoms with van der Waals surface area (Å²) in [5.41, 5.74) is 3.24. The monoisotopic (exact) mass is 350 g/mol. The van der Waals surface area contributed by atoms with Gasteiger partial charge < -0.3 is 0 Å². The molecule has 0 radical (unpaired) electrons. The average Bonchev–Trinajstić information content (AvgIpc) is 2.69. The lowest BCUT2D eigenvalue weighted by Gasteiger charge is -2.23. The number of hydrogen-bond acceptors (Lipinski definition) is 5. The maximum Gasteiger partial charge on any atom is 0.285 e. The summed E-state index contributed by atoms with van der Waals surface area (Å²) in [6.45, 7) is 2.16. The zero-order chi connectivity index (χ0) is 17.2. The van der Waals surface area contributed by atoms with Crippen LogP contribution in [0.3, 0.4) is 0 Å². The molecule has 0 bridgehead atoms. The van der Waals surface area contributed by atoms with Gasteiger partial charge in [0.15, 0.2) is 5.84 Å². The number of sulfonamides is 1. The number of likely N-dealkylation sites (tertiary alicyclic amines) is 1. The molecule has 0 unspecified atom stereocenters. The predicted octanol–water partition coefficient (Wildman–Crippen LogP) is 0.975. The van der Waals surface area contributed by atoms with Crippen molar-refractivity contribution >= 4 is 21.8 Å². The smallest absolute Gasteiger partial charge is 0.285 e. The second-order valence-corrected chi connectivity index (χ2v) is 7.74. The Bertz CT molecular complexity index is 752. The molecule has 2 aliphatic heterocycles. The van der Waals surface area contributed by atoms with Crippen LogP contribution in [-0.4, -0.2) is 56.8 Å². The molecule has 1 saturated heterocycles. The first kappa shape index (κ1) is 16.9. The topological polar surface area (TPSA) is 82.1 Å². The van der Waals surface area contributed by atoms with E-state index in [1.807, 2.05) is 0 Å². The van der Waals surface area contributed by atoms with E-state index in [1.165, 1.54) is 23.9 Å². The molecule has 7 nitrogen and oxygen atoms in total. The van der Waals surface area contributed by atoms with Gasteiger partial charge in [-0.15, -0.1) is 4.40 Å². The van der Waals surface area contributed by atoms with E-state index in [0.29, 0.717) is 12.1 Å². The maximum atomic E-state index is 12.3. The highest BCUT2D eigenvalue weighted by atomic mass is 32.2. The number of benzene rings is 1. The quantitative estimate of drug-likeness (QED) is 0.804. The summed E-state index contributed by atoms with van der Waals surface area (Å²) >= 11 is 0. The highest BCUT2D eigenvalue weighted by Crippen LogP contribution is 2.26. The lowest BCUT2D eigenvalue weighted by molar-refractivity contribution is -0.125. The summed E-state index contributed by atoms with van der Waals surface area (Å²) in [6.07, 6.45) is 4.65. The molecule has 24 heavy (non-hydrogen) atoms. The fourth-order valence-corrected chi connectivity index (χ4v) is 4.34. The van der Waals surface area contributed by atoms with Gasteiger partial charge in [0, 0.05) is 12.6 Å². The largest absolute Gasteiger partial charge is 0.294 e. The number of amidine groups is 1. The van der Waals surface area contributed by atoms with Gasteiger partial charge in [0.05, 0.1) is 6.54 Å². The first-order valence-corrected chi connectivity index (χ1v) is 9.61. The fourth-order valence-electron chi connectivity index (χ4n) is 3.10. The molecule has 8 heteroatoms. The van der Waals surface area contributed by atoms with Crippen LogP contribution in [0.1, 0.15) is 31.2 Å². The molecule has 130 valence electrons. The van der Waals surface area contributed by atoms with E-state index in [2.05, 4.69) is 14.7 Å². The predicted molar refractivity (Wildman–Crippen MR) is 91.0 cm³/mol. The summed E-state index contributed by atoms with van der Waals surface area (Å²) < 4.78 is 27.9. The minimum Gasteiger partial charge on any atom is -0.294 e. The van der Waals surface area contributed by atoms with Crippen LogP contribution in [0.5, 0.6) is 0 Å². The molecule has 1 fully saturated rings. The molecule has 0 aliphatic carbocycles. The molecule has 0 saturated carbocycles. The van der Waals surface area contributed by atoms with Gasteiger partial charge in [-0.2, -0.15) is 8.42 Å². The first-order chi connectivity index (χ1) is 11.5. The molecule has 0 spiro atoms. The lowest BCUT2D eigenvalue weighted by Crippen LogP contribution is -2.47. The Morgan fingerprint density at radius 2 is 1.88 bits per heavy atom. The lowest BCUT2D eigenvalue weighted by atomic mass is 10.2. The summed E-state index contributed by atoms with van der Waals surface area (Å²) in [5.74, 6) is 0.0821. The molecular weight excluding hydrogens is 328 g/mol. The van der Waals surface area contributed by atoms with E-state index in [4.69, 9.17) is 0 Å². The number of carbonyl (C=O) groups excluding carboxylic acids is 1. The molecule has 1 amide bonds. The van der Waals surface area contributed by atoms with E-state index in [9.17, 15) is 13.2 Å². The van der Waals surface area contributed by atoms with E-state index in [-0.39, 0.29) is 16.6 Å². The molecule has 0 aromatic heterocycles. The molecule has 2 aliphatic rings. The van der Waals surface area contributed by atoms with Crippen LogP contribution in [0.25, 0.3) is 0 Å². The van der Waals surface area contributed by atoms with E-state index < -0.39 is 10.0 Å². The van der Waals surface area contributed by atoms with Crippen LogP contribution in [-0.2, 0) is 14.8 Å². The van der Waals surface area contributed by atoms with Gasteiger partial charge in [0.1, 0.15) is 4.90 Å². The summed E-state index contributed by atoms with van der Waals surface area (Å²) in [6, 6.07) is 6.62. The number of amides is 1. The van der Waals surface area contributed by atoms with Crippen molar-refractivity contribution in [3.8, 4) is 0 Å². The van der Waals surface area contributed by atoms with Crippen molar-refractivity contribution in [2.75, 3.05) is 26.7 Å². The third kappa shape index (κ3) is 3.59. The third-order valence-corrected chi connectivity index (χ3v) is 5.61. The highest BCUT2D eigenvalue weighted by Gasteiger charge is 2.31. The van der Waals surface area contributed by atoms with Crippen LogP contribution in [0.15, 0.2) is 33.6 Å². The number of rotatable bonds is 2. The number of hydrazine groups is 1. The summed E-state index contributed by atoms with van der Waals surface area (Å²) in [4.78, 5) is 14.6. The highest BCUT2D eigenvalue weighted by molar-refractivity contribution is 7.90. The first-order valence-electron chi connectivity index (χ1n) is 8.17. The number of hydrogen-bond donors (Lipinski definition) is 1. The van der Waals surface area contributed by atoms with Crippen molar-refractivity contribution in [3.05, 3.63) is 29.8 Å². The zero-order valence-electron chi connectivity index (χ0n) is 13.7. The minimum atomic E-state index is -3.68. The number of fused-ring (bicyclic) bond motifs is 1. The van der Waals surface area contributed by atoms with Crippen LogP contribution in [0.4, 0.5) is 0 Å². The Morgan fingerprint density at radius 1 is 1.21 bits per heavy atom. The number of nitrogens with one attached hydrogen (secondary N) is 1. The molecular formula is C16H22N4O3S. The second kappa shape index (κ2) is 6.90. The Kier molecular flexibility index (Phi) is 4.86.